The van der Waals surface area contributed by atoms with E-state index in [1.807, 2.05) is 0 Å². The fraction of sp³-hybridized carbons (Fsp3) is 0.692. The fourth-order valence-corrected chi connectivity index (χ4v) is 1.26. The molecule has 104 valence electrons. The predicted octanol–water partition coefficient (Wildman–Crippen LogP) is 1.93. The zero-order valence-corrected chi connectivity index (χ0v) is 11.9. The third-order valence-corrected chi connectivity index (χ3v) is 2.09. The lowest BCUT2D eigenvalue weighted by Crippen LogP contribution is -2.41. The molecule has 0 heterocycles. The average molecular weight is 256 g/mol. The first kappa shape index (κ1) is 16.5. The van der Waals surface area contributed by atoms with Gasteiger partial charge in [-0.05, 0) is 27.2 Å². The van der Waals surface area contributed by atoms with Crippen LogP contribution in [0.4, 0.5) is 4.79 Å². The molecule has 0 fully saturated rings. The quantitative estimate of drug-likeness (QED) is 0.765. The van der Waals surface area contributed by atoms with E-state index in [1.54, 1.807) is 40.9 Å². The summed E-state index contributed by atoms with van der Waals surface area (Å²) < 4.78 is 5.15. The summed E-state index contributed by atoms with van der Waals surface area (Å²) in [6.07, 6.45) is 1.92. The number of carbonyl (C=O) groups excluding carboxylic acids is 2. The van der Waals surface area contributed by atoms with E-state index < -0.39 is 11.7 Å². The van der Waals surface area contributed by atoms with Gasteiger partial charge in [0.15, 0.2) is 0 Å². The Hall–Kier alpha value is -1.52. The lowest BCUT2D eigenvalue weighted by Gasteiger charge is -2.23. The van der Waals surface area contributed by atoms with Crippen molar-refractivity contribution in [3.05, 3.63) is 12.7 Å². The molecule has 0 radical (unpaired) electrons. The van der Waals surface area contributed by atoms with E-state index in [-0.39, 0.29) is 18.4 Å². The fourth-order valence-electron chi connectivity index (χ4n) is 1.26. The number of nitrogens with zero attached hydrogens (tertiary/aromatic N) is 1. The highest BCUT2D eigenvalue weighted by atomic mass is 16.6. The Labute approximate surface area is 109 Å². The highest BCUT2D eigenvalue weighted by Gasteiger charge is 2.21. The molecule has 0 aromatic rings. The first-order valence-corrected chi connectivity index (χ1v) is 5.96. The van der Waals surface area contributed by atoms with Crippen molar-refractivity contribution >= 4 is 12.0 Å². The molecule has 1 unspecified atom stereocenters. The Morgan fingerprint density at radius 2 is 1.94 bits per heavy atom. The van der Waals surface area contributed by atoms with Crippen molar-refractivity contribution in [3.8, 4) is 0 Å². The molecule has 0 aromatic carbocycles. The van der Waals surface area contributed by atoms with E-state index in [0.717, 1.165) is 0 Å². The third kappa shape index (κ3) is 7.70. The molecule has 1 atom stereocenters. The molecule has 0 aliphatic heterocycles. The molecule has 5 nitrogen and oxygen atoms in total. The largest absolute Gasteiger partial charge is 0.444 e. The van der Waals surface area contributed by atoms with Gasteiger partial charge in [0.25, 0.3) is 0 Å². The molecule has 0 saturated carbocycles. The summed E-state index contributed by atoms with van der Waals surface area (Å²) >= 11 is 0. The van der Waals surface area contributed by atoms with Gasteiger partial charge in [-0.15, -0.1) is 6.58 Å². The highest BCUT2D eigenvalue weighted by molar-refractivity contribution is 5.77. The minimum Gasteiger partial charge on any atom is -0.444 e. The number of carbonyl (C=O) groups is 2. The van der Waals surface area contributed by atoms with E-state index in [2.05, 4.69) is 11.9 Å². The minimum absolute atomic E-state index is 0.0436. The summed E-state index contributed by atoms with van der Waals surface area (Å²) in [6.45, 7) is 8.99. The molecular weight excluding hydrogens is 232 g/mol. The zero-order chi connectivity index (χ0) is 14.3. The van der Waals surface area contributed by atoms with Crippen molar-refractivity contribution in [3.63, 3.8) is 0 Å². The van der Waals surface area contributed by atoms with Gasteiger partial charge in [-0.3, -0.25) is 4.79 Å². The molecule has 0 aromatic heterocycles. The number of nitrogens with one attached hydrogen (secondary N) is 1. The van der Waals surface area contributed by atoms with Crippen molar-refractivity contribution in [2.75, 3.05) is 14.1 Å². The van der Waals surface area contributed by atoms with E-state index in [1.165, 1.54) is 4.90 Å². The topological polar surface area (TPSA) is 58.6 Å². The van der Waals surface area contributed by atoms with Gasteiger partial charge in [0.2, 0.25) is 5.91 Å². The van der Waals surface area contributed by atoms with Crippen LogP contribution in [-0.2, 0) is 9.53 Å². The van der Waals surface area contributed by atoms with E-state index >= 15 is 0 Å². The maximum absolute atomic E-state index is 11.6. The van der Waals surface area contributed by atoms with Crippen LogP contribution < -0.4 is 5.32 Å². The molecule has 0 aliphatic carbocycles. The minimum atomic E-state index is -0.547. The number of alkyl carbamates (subject to hydrolysis) is 1. The normalized spacial score (nSPS) is 12.5. The molecule has 5 heteroatoms. The maximum Gasteiger partial charge on any atom is 0.407 e. The van der Waals surface area contributed by atoms with Gasteiger partial charge in [-0.2, -0.15) is 0 Å². The second-order valence-corrected chi connectivity index (χ2v) is 5.36. The Morgan fingerprint density at radius 1 is 1.39 bits per heavy atom. The number of hydrogen-bond donors (Lipinski definition) is 1. The van der Waals surface area contributed by atoms with Crippen LogP contribution in [0.5, 0.6) is 0 Å². The van der Waals surface area contributed by atoms with Crippen molar-refractivity contribution in [2.45, 2.75) is 45.3 Å². The van der Waals surface area contributed by atoms with Crippen LogP contribution in [0, 0.1) is 0 Å². The summed E-state index contributed by atoms with van der Waals surface area (Å²) in [7, 11) is 3.36. The van der Waals surface area contributed by atoms with Gasteiger partial charge in [-0.25, -0.2) is 4.79 Å². The van der Waals surface area contributed by atoms with Gasteiger partial charge in [0.1, 0.15) is 5.60 Å². The summed E-state index contributed by atoms with van der Waals surface area (Å²) in [6, 6.07) is -0.285. The van der Waals surface area contributed by atoms with Gasteiger partial charge in [0, 0.05) is 26.6 Å². The maximum atomic E-state index is 11.6. The molecule has 0 aliphatic rings. The molecule has 0 spiro atoms. The monoisotopic (exact) mass is 256 g/mol. The second-order valence-electron chi connectivity index (χ2n) is 5.36. The van der Waals surface area contributed by atoms with Crippen LogP contribution in [0.25, 0.3) is 0 Å². The second kappa shape index (κ2) is 7.03. The van der Waals surface area contributed by atoms with Gasteiger partial charge in [0.05, 0.1) is 0 Å². The van der Waals surface area contributed by atoms with Crippen LogP contribution in [0.1, 0.15) is 33.6 Å². The van der Waals surface area contributed by atoms with Gasteiger partial charge < -0.3 is 15.0 Å². The van der Waals surface area contributed by atoms with E-state index in [4.69, 9.17) is 4.74 Å². The number of rotatable bonds is 5. The van der Waals surface area contributed by atoms with Crippen molar-refractivity contribution in [1.82, 2.24) is 10.2 Å². The first-order chi connectivity index (χ1) is 8.15. The lowest BCUT2D eigenvalue weighted by molar-refractivity contribution is -0.129. The van der Waals surface area contributed by atoms with Crippen LogP contribution in [0.2, 0.25) is 0 Å². The van der Waals surface area contributed by atoms with Crippen LogP contribution >= 0.6 is 0 Å². The number of amides is 2. The first-order valence-electron chi connectivity index (χ1n) is 5.96. The van der Waals surface area contributed by atoms with Crippen molar-refractivity contribution in [2.24, 2.45) is 0 Å². The molecular formula is C13H24N2O3. The Morgan fingerprint density at radius 3 is 2.33 bits per heavy atom. The zero-order valence-electron chi connectivity index (χ0n) is 11.9. The molecule has 18 heavy (non-hydrogen) atoms. The average Bonchev–Trinajstić information content (AvgIpc) is 2.14. The standard InChI is InChI=1S/C13H24N2O3/c1-7-8-10(9-11(16)15(5)6)14-12(17)18-13(2,3)4/h7,10H,1,8-9H2,2-6H3,(H,14,17). The highest BCUT2D eigenvalue weighted by Crippen LogP contribution is 2.08. The summed E-state index contributed by atoms with van der Waals surface area (Å²) in [5.74, 6) is -0.0436. The lowest BCUT2D eigenvalue weighted by atomic mass is 10.1. The molecule has 1 N–H and O–H groups in total. The SMILES string of the molecule is C=CCC(CC(=O)N(C)C)NC(=O)OC(C)(C)C. The van der Waals surface area contributed by atoms with Crippen molar-refractivity contribution < 1.29 is 14.3 Å². The molecule has 0 saturated heterocycles. The molecule has 0 bridgehead atoms. The van der Waals surface area contributed by atoms with E-state index in [0.29, 0.717) is 6.42 Å². The van der Waals surface area contributed by atoms with Gasteiger partial charge >= 0.3 is 6.09 Å². The molecule has 2 amide bonds. The van der Waals surface area contributed by atoms with Crippen LogP contribution in [-0.4, -0.2) is 42.6 Å². The van der Waals surface area contributed by atoms with Crippen LogP contribution in [0.15, 0.2) is 12.7 Å². The van der Waals surface area contributed by atoms with Crippen LogP contribution in [0.3, 0.4) is 0 Å². The summed E-state index contributed by atoms with van der Waals surface area (Å²) in [5, 5.41) is 2.68. The summed E-state index contributed by atoms with van der Waals surface area (Å²) in [5.41, 5.74) is -0.547. The Bertz CT molecular complexity index is 306. The Kier molecular flexibility index (Phi) is 6.44. The van der Waals surface area contributed by atoms with Crippen molar-refractivity contribution in [1.29, 1.82) is 0 Å². The third-order valence-electron chi connectivity index (χ3n) is 2.09. The number of hydrogen-bond acceptors (Lipinski definition) is 3. The smallest absolute Gasteiger partial charge is 0.407 e. The number of ether oxygens (including phenoxy) is 1. The van der Waals surface area contributed by atoms with Gasteiger partial charge in [-0.1, -0.05) is 6.08 Å². The predicted molar refractivity (Wildman–Crippen MR) is 71.3 cm³/mol. The molecule has 0 rings (SSSR count). The Balaban J connectivity index is 4.39. The van der Waals surface area contributed by atoms with E-state index in [9.17, 15) is 9.59 Å². The summed E-state index contributed by atoms with van der Waals surface area (Å²) in [4.78, 5) is 24.7.